The molecule has 5 N–H and O–H groups in total. The number of primary amides is 2. The van der Waals surface area contributed by atoms with Gasteiger partial charge in [-0.25, -0.2) is 4.98 Å². The summed E-state index contributed by atoms with van der Waals surface area (Å²) < 4.78 is 18.7. The van der Waals surface area contributed by atoms with Crippen LogP contribution in [0.3, 0.4) is 0 Å². The fourth-order valence-corrected chi connectivity index (χ4v) is 7.88. The summed E-state index contributed by atoms with van der Waals surface area (Å²) in [6.45, 7) is 13.2. The first-order chi connectivity index (χ1) is 29.8. The molecular formula is C42H54N14O6. The van der Waals surface area contributed by atoms with E-state index in [0.29, 0.717) is 84.0 Å². The van der Waals surface area contributed by atoms with Gasteiger partial charge in [0.15, 0.2) is 11.9 Å². The summed E-state index contributed by atoms with van der Waals surface area (Å²) in [6, 6.07) is 8.41. The van der Waals surface area contributed by atoms with Crippen molar-refractivity contribution in [1.29, 1.82) is 0 Å². The van der Waals surface area contributed by atoms with E-state index in [1.54, 1.807) is 55.9 Å². The lowest BCUT2D eigenvalue weighted by atomic mass is 10.1. The minimum Gasteiger partial charge on any atom is -0.491 e. The number of amides is 4. The molecule has 6 heterocycles. The van der Waals surface area contributed by atoms with Crippen LogP contribution in [0.4, 0.5) is 11.4 Å². The number of nitrogens with one attached hydrogen (secondary N) is 1. The molecule has 20 heteroatoms. The molecule has 328 valence electrons. The molecule has 4 aromatic heterocycles. The molecule has 2 aliphatic rings. The molecule has 1 atom stereocenters. The van der Waals surface area contributed by atoms with Crippen molar-refractivity contribution in [2.45, 2.75) is 60.0 Å². The Kier molecular flexibility index (Phi) is 12.9. The Morgan fingerprint density at radius 2 is 1.56 bits per heavy atom. The van der Waals surface area contributed by atoms with Crippen LogP contribution in [-0.4, -0.2) is 122 Å². The van der Waals surface area contributed by atoms with Crippen LogP contribution < -0.4 is 36.9 Å². The lowest BCUT2D eigenvalue weighted by Gasteiger charge is -2.31. The number of fused-ring (bicyclic) bond motifs is 2. The monoisotopic (exact) mass is 850 g/mol. The van der Waals surface area contributed by atoms with Crippen LogP contribution in [0.25, 0.3) is 11.2 Å². The number of carbonyl (C=O) groups is 4. The number of pyridine rings is 1. The van der Waals surface area contributed by atoms with Gasteiger partial charge >= 0.3 is 0 Å². The number of allylic oxidation sites excluding steroid dienone is 1. The summed E-state index contributed by atoms with van der Waals surface area (Å²) in [6.07, 6.45) is 5.23. The van der Waals surface area contributed by atoms with E-state index in [9.17, 15) is 19.2 Å². The van der Waals surface area contributed by atoms with Gasteiger partial charge in [0.05, 0.1) is 48.0 Å². The van der Waals surface area contributed by atoms with Crippen LogP contribution >= 0.6 is 0 Å². The Morgan fingerprint density at radius 3 is 2.24 bits per heavy atom. The molecule has 1 aromatic carbocycles. The second-order valence-corrected chi connectivity index (χ2v) is 15.2. The third kappa shape index (κ3) is 8.82. The van der Waals surface area contributed by atoms with Gasteiger partial charge in [0.25, 0.3) is 11.8 Å². The number of anilines is 2. The molecule has 7 rings (SSSR count). The summed E-state index contributed by atoms with van der Waals surface area (Å²) in [5.74, 6) is -1.63. The zero-order valence-electron chi connectivity index (χ0n) is 36.0. The van der Waals surface area contributed by atoms with Gasteiger partial charge in [-0.15, -0.1) is 0 Å². The molecule has 20 nitrogen and oxygen atoms in total. The molecule has 0 aliphatic carbocycles. The highest BCUT2D eigenvalue weighted by Crippen LogP contribution is 2.46. The third-order valence-corrected chi connectivity index (χ3v) is 11.0. The van der Waals surface area contributed by atoms with Crippen molar-refractivity contribution in [2.24, 2.45) is 23.5 Å². The van der Waals surface area contributed by atoms with Crippen molar-refractivity contribution >= 4 is 46.2 Å². The highest BCUT2D eigenvalue weighted by molar-refractivity contribution is 5.99. The number of imidazole rings is 1. The number of nitrogens with zero attached hydrogens (tertiary/aromatic N) is 11. The second kappa shape index (κ2) is 18.4. The number of hydrogen-bond acceptors (Lipinski definition) is 12. The second-order valence-electron chi connectivity index (χ2n) is 15.2. The summed E-state index contributed by atoms with van der Waals surface area (Å²) in [7, 11) is 3.57. The summed E-state index contributed by atoms with van der Waals surface area (Å²) in [5, 5.41) is 12.1. The minimum absolute atomic E-state index is 0.207. The standard InChI is InChI=1S/C42H54N14O6/c1-7-55-32(20-26(3)48-55)39(59)46-41-50(5)30-22-28(36(43)57)24-34(62-17-11-12-52-15-18-61-19-16-52)35(30)53(41)13-9-10-14-54-38-31(23-29(25-45-38)37(44)58)51(6)42(54)47-40(60)33-21-27(4)49-56(33)8-2/h9-10,20-25,41H,7-8,11-19H2,1-6H3,(H2,43,57)(H2,44,58)(H,46,59)/b10-9+,47-42?. The van der Waals surface area contributed by atoms with Gasteiger partial charge in [0, 0.05) is 71.7 Å². The lowest BCUT2D eigenvalue weighted by molar-refractivity contribution is 0.0358. The highest BCUT2D eigenvalue weighted by atomic mass is 16.5. The Bertz CT molecular complexity index is 2610. The molecule has 5 aromatic rings. The van der Waals surface area contributed by atoms with Crippen molar-refractivity contribution < 1.29 is 28.7 Å². The van der Waals surface area contributed by atoms with E-state index in [-0.39, 0.29) is 35.7 Å². The fourth-order valence-electron chi connectivity index (χ4n) is 7.88. The van der Waals surface area contributed by atoms with Crippen molar-refractivity contribution in [3.63, 3.8) is 0 Å². The first kappa shape index (κ1) is 43.3. The maximum absolute atomic E-state index is 14.0. The largest absolute Gasteiger partial charge is 0.491 e. The predicted octanol–water partition coefficient (Wildman–Crippen LogP) is 1.69. The Hall–Kier alpha value is -6.80. The number of rotatable bonds is 16. The maximum Gasteiger partial charge on any atom is 0.298 e. The van der Waals surface area contributed by atoms with Crippen molar-refractivity contribution in [3.8, 4) is 5.75 Å². The topological polar surface area (TPSA) is 231 Å². The average Bonchev–Trinajstić information content (AvgIpc) is 3.99. The van der Waals surface area contributed by atoms with Gasteiger partial charge in [0.2, 0.25) is 17.4 Å². The number of carbonyl (C=O) groups excluding carboxylic acids is 4. The lowest BCUT2D eigenvalue weighted by Crippen LogP contribution is -2.54. The van der Waals surface area contributed by atoms with Crippen LogP contribution in [0.15, 0.2) is 53.7 Å². The molecule has 62 heavy (non-hydrogen) atoms. The fraction of sp³-hybridized carbons (Fsp3) is 0.429. The first-order valence-electron chi connectivity index (χ1n) is 20.7. The van der Waals surface area contributed by atoms with Gasteiger partial charge in [-0.2, -0.15) is 15.2 Å². The number of morpholine rings is 1. The molecule has 2 aliphatic heterocycles. The van der Waals surface area contributed by atoms with Gasteiger partial charge in [-0.1, -0.05) is 12.2 Å². The van der Waals surface area contributed by atoms with Crippen LogP contribution in [-0.2, 0) is 31.4 Å². The smallest absolute Gasteiger partial charge is 0.298 e. The number of nitrogens with two attached hydrogens (primary N) is 2. The van der Waals surface area contributed by atoms with Gasteiger partial charge in [0.1, 0.15) is 22.8 Å². The molecule has 0 saturated carbocycles. The van der Waals surface area contributed by atoms with E-state index in [1.807, 2.05) is 56.7 Å². The van der Waals surface area contributed by atoms with E-state index in [0.717, 1.165) is 26.1 Å². The molecule has 1 fully saturated rings. The number of hydrogen-bond donors (Lipinski definition) is 3. The molecule has 4 amide bonds. The summed E-state index contributed by atoms with van der Waals surface area (Å²) in [4.78, 5) is 67.8. The van der Waals surface area contributed by atoms with E-state index in [4.69, 9.17) is 20.9 Å². The van der Waals surface area contributed by atoms with Gasteiger partial charge in [-0.05, 0) is 64.4 Å². The number of aryl methyl sites for hydroxylation is 5. The third-order valence-electron chi connectivity index (χ3n) is 11.0. The van der Waals surface area contributed by atoms with Crippen molar-refractivity contribution in [3.05, 3.63) is 88.2 Å². The average molecular weight is 851 g/mol. The molecule has 0 bridgehead atoms. The van der Waals surface area contributed by atoms with Gasteiger partial charge in [-0.3, -0.25) is 38.0 Å². The highest BCUT2D eigenvalue weighted by Gasteiger charge is 2.38. The number of aromatic nitrogens is 7. The van der Waals surface area contributed by atoms with Crippen molar-refractivity contribution in [2.75, 3.05) is 62.8 Å². The molecule has 0 spiro atoms. The summed E-state index contributed by atoms with van der Waals surface area (Å²) >= 11 is 0. The first-order valence-corrected chi connectivity index (χ1v) is 20.7. The molecule has 1 saturated heterocycles. The van der Waals surface area contributed by atoms with Crippen LogP contribution in [0.5, 0.6) is 5.75 Å². The van der Waals surface area contributed by atoms with E-state index < -0.39 is 24.0 Å². The quantitative estimate of drug-likeness (QED) is 0.0952. The zero-order chi connectivity index (χ0) is 44.2. The normalized spacial score (nSPS) is 15.8. The van der Waals surface area contributed by atoms with E-state index in [1.165, 1.54) is 6.20 Å². The van der Waals surface area contributed by atoms with Crippen LogP contribution in [0.2, 0.25) is 0 Å². The Balaban J connectivity index is 1.24. The van der Waals surface area contributed by atoms with Crippen LogP contribution in [0.1, 0.15) is 73.3 Å². The Morgan fingerprint density at radius 1 is 0.903 bits per heavy atom. The van der Waals surface area contributed by atoms with Crippen molar-refractivity contribution in [1.82, 2.24) is 43.9 Å². The molecular weight excluding hydrogens is 797 g/mol. The number of benzene rings is 1. The molecule has 0 radical (unpaired) electrons. The maximum atomic E-state index is 14.0. The van der Waals surface area contributed by atoms with E-state index >= 15 is 0 Å². The van der Waals surface area contributed by atoms with Gasteiger partial charge < -0.3 is 40.6 Å². The van der Waals surface area contributed by atoms with Crippen LogP contribution in [0, 0.1) is 13.8 Å². The summed E-state index contributed by atoms with van der Waals surface area (Å²) in [5.41, 5.74) is 16.7. The SMILES string of the molecule is CCn1nc(C)cc1C(=O)N=c1n(C)c2cc(C(N)=O)cnc2n1C/C=C/CN1c2c(OCCCN3CCOCC3)cc(C(N)=O)cc2N(C)C1NC(=O)c1cc(C)nn1CC. The Labute approximate surface area is 358 Å². The predicted molar refractivity (Wildman–Crippen MR) is 231 cm³/mol. The van der Waals surface area contributed by atoms with E-state index in [2.05, 4.69) is 30.4 Å². The zero-order valence-corrected chi connectivity index (χ0v) is 36.0. The number of ether oxygens (including phenoxy) is 2. The minimum atomic E-state index is -0.726. The molecule has 1 unspecified atom stereocenters.